The number of benzene rings is 2. The second-order valence-corrected chi connectivity index (χ2v) is 8.26. The molecule has 3 aliphatic rings. The van der Waals surface area contributed by atoms with Crippen molar-refractivity contribution in [2.24, 2.45) is 17.8 Å². The average Bonchev–Trinajstić information content (AvgIpc) is 3.27. The fraction of sp³-hybridized carbons (Fsp3) is 0.478. The normalized spacial score (nSPS) is 29.7. The third-order valence-corrected chi connectivity index (χ3v) is 6.65. The molecule has 1 aliphatic heterocycles. The van der Waals surface area contributed by atoms with E-state index in [0.29, 0.717) is 0 Å². The van der Waals surface area contributed by atoms with Crippen LogP contribution in [0.5, 0.6) is 0 Å². The summed E-state index contributed by atoms with van der Waals surface area (Å²) in [7, 11) is 0. The van der Waals surface area contributed by atoms with Crippen LogP contribution in [-0.2, 0) is 6.54 Å². The van der Waals surface area contributed by atoms with E-state index in [1.807, 2.05) is 0 Å². The monoisotopic (exact) mass is 332 g/mol. The first-order chi connectivity index (χ1) is 12.3. The summed E-state index contributed by atoms with van der Waals surface area (Å²) in [5.74, 6) is 2.72. The zero-order valence-electron chi connectivity index (χ0n) is 15.0. The predicted molar refractivity (Wildman–Crippen MR) is 105 cm³/mol. The van der Waals surface area contributed by atoms with Gasteiger partial charge in [0.15, 0.2) is 0 Å². The number of fused-ring (bicyclic) bond motifs is 3. The lowest BCUT2D eigenvalue weighted by molar-refractivity contribution is 0.109. The van der Waals surface area contributed by atoms with E-state index in [4.69, 9.17) is 0 Å². The molecule has 0 amide bonds. The number of nitrogens with zero attached hydrogens (tertiary/aromatic N) is 2. The maximum absolute atomic E-state index is 2.72. The molecule has 0 spiro atoms. The molecule has 5 rings (SSSR count). The van der Waals surface area contributed by atoms with Crippen LogP contribution in [0.1, 0.15) is 18.4 Å². The van der Waals surface area contributed by atoms with E-state index in [1.165, 1.54) is 61.9 Å². The Morgan fingerprint density at radius 1 is 0.800 bits per heavy atom. The van der Waals surface area contributed by atoms with Crippen molar-refractivity contribution in [1.82, 2.24) is 9.80 Å². The molecule has 1 heterocycles. The number of rotatable bonds is 4. The van der Waals surface area contributed by atoms with Gasteiger partial charge in [0.05, 0.1) is 0 Å². The molecule has 2 nitrogen and oxygen atoms in total. The lowest BCUT2D eigenvalue weighted by Crippen LogP contribution is -2.47. The Kier molecular flexibility index (Phi) is 4.11. The van der Waals surface area contributed by atoms with Crippen molar-refractivity contribution in [2.45, 2.75) is 19.4 Å². The van der Waals surface area contributed by atoms with Gasteiger partial charge in [-0.3, -0.25) is 4.90 Å². The van der Waals surface area contributed by atoms with Gasteiger partial charge in [0.2, 0.25) is 0 Å². The lowest BCUT2D eigenvalue weighted by Gasteiger charge is -2.37. The van der Waals surface area contributed by atoms with Crippen molar-refractivity contribution < 1.29 is 0 Å². The first kappa shape index (κ1) is 15.6. The van der Waals surface area contributed by atoms with Gasteiger partial charge >= 0.3 is 0 Å². The Morgan fingerprint density at radius 2 is 1.60 bits per heavy atom. The zero-order chi connectivity index (χ0) is 16.6. The Labute approximate surface area is 151 Å². The third-order valence-electron chi connectivity index (χ3n) is 6.65. The molecule has 2 aromatic carbocycles. The molecule has 2 aliphatic carbocycles. The summed E-state index contributed by atoms with van der Waals surface area (Å²) < 4.78 is 0. The smallest absolute Gasteiger partial charge is 0.0240 e. The fourth-order valence-electron chi connectivity index (χ4n) is 5.24. The lowest BCUT2D eigenvalue weighted by atomic mass is 9.93. The van der Waals surface area contributed by atoms with Gasteiger partial charge in [0, 0.05) is 39.3 Å². The molecule has 2 aromatic rings. The van der Waals surface area contributed by atoms with Crippen molar-refractivity contribution in [1.29, 1.82) is 0 Å². The van der Waals surface area contributed by atoms with Gasteiger partial charge in [-0.2, -0.15) is 0 Å². The summed E-state index contributed by atoms with van der Waals surface area (Å²) in [5.41, 5.74) is 1.48. The molecule has 3 atom stereocenters. The molecule has 130 valence electrons. The topological polar surface area (TPSA) is 6.48 Å². The number of hydrogen-bond acceptors (Lipinski definition) is 2. The second-order valence-electron chi connectivity index (χ2n) is 8.26. The largest absolute Gasteiger partial charge is 0.300 e. The minimum Gasteiger partial charge on any atom is -0.300 e. The maximum atomic E-state index is 2.72. The van der Waals surface area contributed by atoms with Crippen LogP contribution in [-0.4, -0.2) is 42.5 Å². The maximum Gasteiger partial charge on any atom is 0.0240 e. The molecule has 0 N–H and O–H groups in total. The van der Waals surface area contributed by atoms with Crippen LogP contribution >= 0.6 is 0 Å². The van der Waals surface area contributed by atoms with Crippen molar-refractivity contribution in [3.63, 3.8) is 0 Å². The van der Waals surface area contributed by atoms with Crippen molar-refractivity contribution in [3.05, 3.63) is 60.2 Å². The van der Waals surface area contributed by atoms with Crippen molar-refractivity contribution >= 4 is 10.8 Å². The quantitative estimate of drug-likeness (QED) is 0.775. The molecule has 0 radical (unpaired) electrons. The van der Waals surface area contributed by atoms with Crippen LogP contribution in [0.4, 0.5) is 0 Å². The number of hydrogen-bond donors (Lipinski definition) is 0. The van der Waals surface area contributed by atoms with E-state index >= 15 is 0 Å². The number of piperazine rings is 1. The highest BCUT2D eigenvalue weighted by Crippen LogP contribution is 2.43. The van der Waals surface area contributed by atoms with Crippen LogP contribution in [0.25, 0.3) is 10.8 Å². The minimum absolute atomic E-state index is 0.888. The van der Waals surface area contributed by atoms with Gasteiger partial charge in [-0.1, -0.05) is 54.6 Å². The highest BCUT2D eigenvalue weighted by atomic mass is 15.3. The molecule has 25 heavy (non-hydrogen) atoms. The Hall–Kier alpha value is -1.64. The summed E-state index contributed by atoms with van der Waals surface area (Å²) >= 11 is 0. The molecule has 1 saturated carbocycles. The average molecular weight is 332 g/mol. The van der Waals surface area contributed by atoms with E-state index in [0.717, 1.165) is 24.3 Å². The highest BCUT2D eigenvalue weighted by Gasteiger charge is 2.36. The Balaban J connectivity index is 1.18. The first-order valence-electron chi connectivity index (χ1n) is 9.95. The van der Waals surface area contributed by atoms with E-state index in [9.17, 15) is 0 Å². The van der Waals surface area contributed by atoms with Gasteiger partial charge < -0.3 is 4.90 Å². The van der Waals surface area contributed by atoms with Gasteiger partial charge in [0.1, 0.15) is 0 Å². The van der Waals surface area contributed by atoms with Crippen LogP contribution in [0.2, 0.25) is 0 Å². The van der Waals surface area contributed by atoms with Gasteiger partial charge in [-0.25, -0.2) is 0 Å². The summed E-state index contributed by atoms with van der Waals surface area (Å²) in [4.78, 5) is 5.36. The highest BCUT2D eigenvalue weighted by molar-refractivity contribution is 5.85. The van der Waals surface area contributed by atoms with E-state index in [2.05, 4.69) is 64.4 Å². The predicted octanol–water partition coefficient (Wildman–Crippen LogP) is 4.17. The fourth-order valence-corrected chi connectivity index (χ4v) is 5.24. The molecule has 1 saturated heterocycles. The first-order valence-corrected chi connectivity index (χ1v) is 9.95. The summed E-state index contributed by atoms with van der Waals surface area (Å²) in [6.45, 7) is 7.31. The van der Waals surface area contributed by atoms with Crippen molar-refractivity contribution in [3.8, 4) is 0 Å². The van der Waals surface area contributed by atoms with E-state index < -0.39 is 0 Å². The van der Waals surface area contributed by atoms with E-state index in [1.54, 1.807) is 0 Å². The molecule has 2 bridgehead atoms. The molecular formula is C23H28N2. The third kappa shape index (κ3) is 3.14. The van der Waals surface area contributed by atoms with Crippen LogP contribution in [0.3, 0.4) is 0 Å². The molecule has 0 unspecified atom stereocenters. The van der Waals surface area contributed by atoms with E-state index in [-0.39, 0.29) is 0 Å². The summed E-state index contributed by atoms with van der Waals surface area (Å²) in [5, 5.41) is 2.78. The standard InChI is InChI=1S/C23H28N2/c1-2-7-23-19(4-1)5-3-6-21(23)16-24-10-12-25(13-11-24)17-22-15-18-8-9-20(22)14-18/h1-9,18,20,22H,10-17H2/t18-,20-,22+/m0/s1. The zero-order valence-corrected chi connectivity index (χ0v) is 15.0. The van der Waals surface area contributed by atoms with Crippen LogP contribution in [0, 0.1) is 17.8 Å². The van der Waals surface area contributed by atoms with Crippen LogP contribution < -0.4 is 0 Å². The Morgan fingerprint density at radius 3 is 2.40 bits per heavy atom. The van der Waals surface area contributed by atoms with Crippen molar-refractivity contribution in [2.75, 3.05) is 32.7 Å². The molecule has 2 heteroatoms. The van der Waals surface area contributed by atoms with Crippen LogP contribution in [0.15, 0.2) is 54.6 Å². The van der Waals surface area contributed by atoms with Gasteiger partial charge in [0.25, 0.3) is 0 Å². The Bertz CT molecular complexity index is 767. The van der Waals surface area contributed by atoms with Gasteiger partial charge in [-0.15, -0.1) is 0 Å². The number of allylic oxidation sites excluding steroid dienone is 2. The summed E-state index contributed by atoms with van der Waals surface area (Å²) in [6, 6.07) is 15.5. The van der Waals surface area contributed by atoms with Gasteiger partial charge in [-0.05, 0) is 46.9 Å². The molecular weight excluding hydrogens is 304 g/mol. The molecule has 0 aromatic heterocycles. The minimum atomic E-state index is 0.888. The SMILES string of the molecule is C1=C[C@H]2C[C@H]1C[C@@H]2CN1CCN(Cc2cccc3ccccc23)CC1. The summed E-state index contributed by atoms with van der Waals surface area (Å²) in [6.07, 6.45) is 7.84. The second kappa shape index (κ2) is 6.59. The molecule has 2 fully saturated rings.